The Morgan fingerprint density at radius 3 is 2.67 bits per heavy atom. The molecule has 3 heteroatoms. The quantitative estimate of drug-likeness (QED) is 0.628. The Balaban J connectivity index is 2.98. The van der Waals surface area contributed by atoms with Crippen LogP contribution in [0.4, 0.5) is 0 Å². The van der Waals surface area contributed by atoms with Crippen LogP contribution in [0.15, 0.2) is 11.4 Å². The summed E-state index contributed by atoms with van der Waals surface area (Å²) in [6.45, 7) is 2.03. The Morgan fingerprint density at radius 1 is 1.78 bits per heavy atom. The van der Waals surface area contributed by atoms with E-state index in [1.54, 1.807) is 11.3 Å². The predicted molar refractivity (Wildman–Crippen MR) is 44.9 cm³/mol. The van der Waals surface area contributed by atoms with Crippen LogP contribution in [-0.4, -0.2) is 4.99 Å². The molecule has 0 aliphatic rings. The van der Waals surface area contributed by atoms with E-state index < -0.39 is 0 Å². The lowest BCUT2D eigenvalue weighted by Gasteiger charge is -1.85. The van der Waals surface area contributed by atoms with Crippen molar-refractivity contribution < 1.29 is 0 Å². The molecular formula is C6H7NS2. The van der Waals surface area contributed by atoms with Gasteiger partial charge in [0.15, 0.2) is 0 Å². The average molecular weight is 157 g/mol. The number of nitrogens with two attached hydrogens (primary N) is 1. The second-order valence-electron chi connectivity index (χ2n) is 1.81. The van der Waals surface area contributed by atoms with Crippen molar-refractivity contribution in [1.82, 2.24) is 0 Å². The van der Waals surface area contributed by atoms with E-state index in [9.17, 15) is 0 Å². The summed E-state index contributed by atoms with van der Waals surface area (Å²) in [4.78, 5) is 1.73. The van der Waals surface area contributed by atoms with Crippen molar-refractivity contribution in [2.45, 2.75) is 6.92 Å². The van der Waals surface area contributed by atoms with Crippen molar-refractivity contribution in [3.05, 3.63) is 21.9 Å². The molecule has 0 amide bonds. The third-order valence-corrected chi connectivity index (χ3v) is 2.11. The number of aryl methyl sites for hydroxylation is 1. The van der Waals surface area contributed by atoms with Gasteiger partial charge >= 0.3 is 0 Å². The summed E-state index contributed by atoms with van der Waals surface area (Å²) in [5.41, 5.74) is 6.34. The molecule has 0 saturated heterocycles. The van der Waals surface area contributed by atoms with Crippen LogP contribution in [0.3, 0.4) is 0 Å². The first-order chi connectivity index (χ1) is 4.20. The normalized spacial score (nSPS) is 9.44. The molecule has 0 unspecified atom stereocenters. The summed E-state index contributed by atoms with van der Waals surface area (Å²) in [7, 11) is 0. The van der Waals surface area contributed by atoms with Gasteiger partial charge in [-0.05, 0) is 13.0 Å². The summed E-state index contributed by atoms with van der Waals surface area (Å²) >= 11 is 6.43. The molecule has 0 atom stereocenters. The van der Waals surface area contributed by atoms with Crippen LogP contribution in [0.1, 0.15) is 10.4 Å². The maximum absolute atomic E-state index is 5.37. The van der Waals surface area contributed by atoms with E-state index in [0.29, 0.717) is 4.99 Å². The van der Waals surface area contributed by atoms with Crippen LogP contribution in [0.5, 0.6) is 0 Å². The molecule has 0 radical (unpaired) electrons. The fraction of sp³-hybridized carbons (Fsp3) is 0.167. The first-order valence-electron chi connectivity index (χ1n) is 2.55. The van der Waals surface area contributed by atoms with E-state index >= 15 is 0 Å². The summed E-state index contributed by atoms with van der Waals surface area (Å²) in [5.74, 6) is 0. The van der Waals surface area contributed by atoms with E-state index in [0.717, 1.165) is 5.56 Å². The Kier molecular flexibility index (Phi) is 1.83. The van der Waals surface area contributed by atoms with Crippen LogP contribution in [0.25, 0.3) is 0 Å². The minimum Gasteiger partial charge on any atom is -0.389 e. The highest BCUT2D eigenvalue weighted by Crippen LogP contribution is 2.12. The molecule has 1 nitrogen and oxygen atoms in total. The van der Waals surface area contributed by atoms with Gasteiger partial charge in [0.2, 0.25) is 0 Å². The van der Waals surface area contributed by atoms with Crippen LogP contribution >= 0.6 is 23.6 Å². The lowest BCUT2D eigenvalue weighted by Crippen LogP contribution is -2.07. The van der Waals surface area contributed by atoms with Gasteiger partial charge in [0, 0.05) is 15.8 Å². The van der Waals surface area contributed by atoms with Crippen LogP contribution in [-0.2, 0) is 0 Å². The Morgan fingerprint density at radius 2 is 2.44 bits per heavy atom. The highest BCUT2D eigenvalue weighted by Gasteiger charge is 1.96. The number of thiocarbonyl (C=S) groups is 1. The van der Waals surface area contributed by atoms with Crippen LogP contribution in [0.2, 0.25) is 0 Å². The van der Waals surface area contributed by atoms with Gasteiger partial charge in [-0.15, -0.1) is 11.3 Å². The van der Waals surface area contributed by atoms with Crippen molar-refractivity contribution in [2.75, 3.05) is 0 Å². The van der Waals surface area contributed by atoms with Gasteiger partial charge in [0.25, 0.3) is 0 Å². The Labute approximate surface area is 63.5 Å². The fourth-order valence-corrected chi connectivity index (χ4v) is 1.47. The van der Waals surface area contributed by atoms with E-state index in [-0.39, 0.29) is 0 Å². The van der Waals surface area contributed by atoms with Gasteiger partial charge in [-0.25, -0.2) is 0 Å². The lowest BCUT2D eigenvalue weighted by molar-refractivity contribution is 1.62. The van der Waals surface area contributed by atoms with Crippen molar-refractivity contribution in [1.29, 1.82) is 0 Å². The average Bonchev–Trinajstić information content (AvgIpc) is 2.14. The number of rotatable bonds is 1. The maximum atomic E-state index is 5.37. The molecule has 0 spiro atoms. The van der Waals surface area contributed by atoms with Gasteiger partial charge in [0.1, 0.15) is 4.99 Å². The zero-order valence-corrected chi connectivity index (χ0v) is 6.68. The SMILES string of the molecule is Cc1cc(C(N)=S)cs1. The molecule has 0 aromatic carbocycles. The van der Waals surface area contributed by atoms with Crippen molar-refractivity contribution in [2.24, 2.45) is 5.73 Å². The topological polar surface area (TPSA) is 26.0 Å². The second kappa shape index (κ2) is 2.45. The summed E-state index contributed by atoms with van der Waals surface area (Å²) in [6, 6.07) is 1.99. The number of hydrogen-bond donors (Lipinski definition) is 1. The van der Waals surface area contributed by atoms with Crippen molar-refractivity contribution in [3.63, 3.8) is 0 Å². The summed E-state index contributed by atoms with van der Waals surface area (Å²) in [5, 5.41) is 1.97. The first-order valence-corrected chi connectivity index (χ1v) is 3.84. The van der Waals surface area contributed by atoms with E-state index in [4.69, 9.17) is 18.0 Å². The van der Waals surface area contributed by atoms with Crippen LogP contribution < -0.4 is 5.73 Å². The largest absolute Gasteiger partial charge is 0.389 e. The number of hydrogen-bond acceptors (Lipinski definition) is 2. The third-order valence-electron chi connectivity index (χ3n) is 1.02. The zero-order chi connectivity index (χ0) is 6.85. The van der Waals surface area contributed by atoms with E-state index in [1.807, 2.05) is 18.4 Å². The molecular weight excluding hydrogens is 150 g/mol. The molecule has 48 valence electrons. The minimum absolute atomic E-state index is 0.486. The predicted octanol–water partition coefficient (Wildman–Crippen LogP) is 1.69. The van der Waals surface area contributed by atoms with Crippen molar-refractivity contribution in [3.8, 4) is 0 Å². The Bertz CT molecular complexity index is 227. The summed E-state index contributed by atoms with van der Waals surface area (Å²) in [6.07, 6.45) is 0. The van der Waals surface area contributed by atoms with Gasteiger partial charge < -0.3 is 5.73 Å². The highest BCUT2D eigenvalue weighted by atomic mass is 32.1. The maximum Gasteiger partial charge on any atom is 0.104 e. The lowest BCUT2D eigenvalue weighted by atomic mass is 10.3. The minimum atomic E-state index is 0.486. The van der Waals surface area contributed by atoms with Crippen molar-refractivity contribution >= 4 is 28.5 Å². The molecule has 0 aliphatic carbocycles. The van der Waals surface area contributed by atoms with Crippen LogP contribution in [0, 0.1) is 6.92 Å². The van der Waals surface area contributed by atoms with E-state index in [1.165, 1.54) is 4.88 Å². The van der Waals surface area contributed by atoms with Gasteiger partial charge in [-0.2, -0.15) is 0 Å². The molecule has 1 rings (SSSR count). The van der Waals surface area contributed by atoms with E-state index in [2.05, 4.69) is 0 Å². The zero-order valence-electron chi connectivity index (χ0n) is 5.05. The van der Waals surface area contributed by atoms with Gasteiger partial charge in [0.05, 0.1) is 0 Å². The molecule has 9 heavy (non-hydrogen) atoms. The monoisotopic (exact) mass is 157 g/mol. The molecule has 0 saturated carbocycles. The fourth-order valence-electron chi connectivity index (χ4n) is 0.573. The molecule has 0 aliphatic heterocycles. The standard InChI is InChI=1S/C6H7NS2/c1-4-2-5(3-9-4)6(7)8/h2-3H,1H3,(H2,7,8). The smallest absolute Gasteiger partial charge is 0.104 e. The Hall–Kier alpha value is -0.410. The molecule has 1 aromatic rings. The molecule has 0 bridgehead atoms. The first kappa shape index (κ1) is 6.71. The molecule has 0 fully saturated rings. The highest BCUT2D eigenvalue weighted by molar-refractivity contribution is 7.80. The number of thiophene rings is 1. The van der Waals surface area contributed by atoms with Gasteiger partial charge in [-0.3, -0.25) is 0 Å². The second-order valence-corrected chi connectivity index (χ2v) is 3.37. The third kappa shape index (κ3) is 1.50. The van der Waals surface area contributed by atoms with Gasteiger partial charge in [-0.1, -0.05) is 12.2 Å². The molecule has 2 N–H and O–H groups in total. The molecule has 1 heterocycles. The summed E-state index contributed by atoms with van der Waals surface area (Å²) < 4.78 is 0. The molecule has 1 aromatic heterocycles.